The predicted octanol–water partition coefficient (Wildman–Crippen LogP) is 3.08. The molecule has 0 aliphatic rings. The minimum atomic E-state index is 0.0685. The van der Waals surface area contributed by atoms with Crippen molar-refractivity contribution >= 4 is 5.69 Å². The Morgan fingerprint density at radius 3 is 2.21 bits per heavy atom. The van der Waals surface area contributed by atoms with Crippen LogP contribution >= 0.6 is 0 Å². The molecule has 0 fully saturated rings. The number of pyridine rings is 1. The van der Waals surface area contributed by atoms with E-state index in [0.717, 1.165) is 17.1 Å². The Balaban J connectivity index is 3.21. The van der Waals surface area contributed by atoms with Crippen LogP contribution in [0.2, 0.25) is 0 Å². The topological polar surface area (TPSA) is 38.9 Å². The summed E-state index contributed by atoms with van der Waals surface area (Å²) in [5.74, 6) is 0.430. The summed E-state index contributed by atoms with van der Waals surface area (Å²) in [4.78, 5) is 4.62. The first kappa shape index (κ1) is 11.0. The summed E-state index contributed by atoms with van der Waals surface area (Å²) in [5, 5.41) is 0. The fraction of sp³-hybridized carbons (Fsp3) is 0.583. The Morgan fingerprint density at radius 1 is 1.21 bits per heavy atom. The van der Waals surface area contributed by atoms with Crippen molar-refractivity contribution in [1.29, 1.82) is 0 Å². The highest BCUT2D eigenvalue weighted by Crippen LogP contribution is 2.24. The van der Waals surface area contributed by atoms with E-state index in [0.29, 0.717) is 5.92 Å². The zero-order valence-electron chi connectivity index (χ0n) is 9.76. The van der Waals surface area contributed by atoms with Gasteiger partial charge in [0.05, 0.1) is 0 Å². The van der Waals surface area contributed by atoms with Gasteiger partial charge in [-0.2, -0.15) is 0 Å². The molecule has 14 heavy (non-hydrogen) atoms. The third-order valence-corrected chi connectivity index (χ3v) is 2.23. The van der Waals surface area contributed by atoms with Crippen LogP contribution in [0.5, 0.6) is 0 Å². The van der Waals surface area contributed by atoms with Crippen LogP contribution < -0.4 is 5.73 Å². The van der Waals surface area contributed by atoms with E-state index in [1.165, 1.54) is 0 Å². The number of anilines is 1. The molecule has 78 valence electrons. The van der Waals surface area contributed by atoms with E-state index in [2.05, 4.69) is 39.6 Å². The fourth-order valence-corrected chi connectivity index (χ4v) is 1.25. The molecule has 1 aromatic heterocycles. The number of hydrogen-bond acceptors (Lipinski definition) is 2. The van der Waals surface area contributed by atoms with Gasteiger partial charge in [0.1, 0.15) is 0 Å². The lowest BCUT2D eigenvalue weighted by Crippen LogP contribution is -2.15. The Morgan fingerprint density at radius 2 is 1.79 bits per heavy atom. The number of rotatable bonds is 1. The van der Waals surface area contributed by atoms with Crippen LogP contribution in [-0.2, 0) is 5.41 Å². The third-order valence-electron chi connectivity index (χ3n) is 2.23. The fourth-order valence-electron chi connectivity index (χ4n) is 1.25. The van der Waals surface area contributed by atoms with Crippen molar-refractivity contribution in [1.82, 2.24) is 4.98 Å². The van der Waals surface area contributed by atoms with E-state index in [1.807, 2.05) is 12.1 Å². The lowest BCUT2D eigenvalue weighted by molar-refractivity contribution is 0.563. The number of aromatic nitrogens is 1. The second-order valence-electron chi connectivity index (χ2n) is 5.12. The van der Waals surface area contributed by atoms with E-state index in [-0.39, 0.29) is 5.41 Å². The summed E-state index contributed by atoms with van der Waals surface area (Å²) >= 11 is 0. The summed E-state index contributed by atoms with van der Waals surface area (Å²) in [6.07, 6.45) is 0. The molecular formula is C12H20N2. The maximum atomic E-state index is 5.85. The van der Waals surface area contributed by atoms with Gasteiger partial charge in [0.25, 0.3) is 0 Å². The van der Waals surface area contributed by atoms with Gasteiger partial charge in [-0.05, 0) is 18.1 Å². The number of nitrogens with zero attached hydrogens (tertiary/aromatic N) is 1. The monoisotopic (exact) mass is 192 g/mol. The molecule has 0 radical (unpaired) electrons. The van der Waals surface area contributed by atoms with Crippen molar-refractivity contribution in [2.45, 2.75) is 46.0 Å². The normalized spacial score (nSPS) is 12.1. The van der Waals surface area contributed by atoms with E-state index in [4.69, 9.17) is 5.73 Å². The van der Waals surface area contributed by atoms with Gasteiger partial charge in [-0.25, -0.2) is 0 Å². The predicted molar refractivity (Wildman–Crippen MR) is 61.4 cm³/mol. The maximum absolute atomic E-state index is 5.85. The summed E-state index contributed by atoms with van der Waals surface area (Å²) in [7, 11) is 0. The highest BCUT2D eigenvalue weighted by molar-refractivity contribution is 5.42. The van der Waals surface area contributed by atoms with Crippen LogP contribution in [-0.4, -0.2) is 4.98 Å². The summed E-state index contributed by atoms with van der Waals surface area (Å²) < 4.78 is 0. The zero-order chi connectivity index (χ0) is 10.9. The summed E-state index contributed by atoms with van der Waals surface area (Å²) in [5.41, 5.74) is 8.89. The first-order valence-electron chi connectivity index (χ1n) is 5.08. The Labute approximate surface area is 86.5 Å². The van der Waals surface area contributed by atoms with Gasteiger partial charge >= 0.3 is 0 Å². The average molecular weight is 192 g/mol. The van der Waals surface area contributed by atoms with E-state index in [9.17, 15) is 0 Å². The Kier molecular flexibility index (Phi) is 2.84. The molecule has 2 N–H and O–H groups in total. The second kappa shape index (κ2) is 3.60. The molecule has 0 amide bonds. The van der Waals surface area contributed by atoms with Crippen LogP contribution in [0.4, 0.5) is 5.69 Å². The van der Waals surface area contributed by atoms with Crippen molar-refractivity contribution in [3.63, 3.8) is 0 Å². The molecule has 0 aliphatic carbocycles. The molecule has 0 unspecified atom stereocenters. The number of hydrogen-bond donors (Lipinski definition) is 1. The van der Waals surface area contributed by atoms with Crippen LogP contribution in [0.15, 0.2) is 12.1 Å². The van der Waals surface area contributed by atoms with E-state index < -0.39 is 0 Å². The molecule has 0 aliphatic heterocycles. The molecular weight excluding hydrogens is 172 g/mol. The van der Waals surface area contributed by atoms with Crippen molar-refractivity contribution in [2.75, 3.05) is 5.73 Å². The van der Waals surface area contributed by atoms with Gasteiger partial charge in [-0.1, -0.05) is 34.6 Å². The molecule has 0 atom stereocenters. The highest BCUT2D eigenvalue weighted by atomic mass is 14.8. The van der Waals surface area contributed by atoms with Crippen LogP contribution in [0.1, 0.15) is 51.9 Å². The van der Waals surface area contributed by atoms with Gasteiger partial charge in [0.15, 0.2) is 0 Å². The molecule has 0 saturated heterocycles. The average Bonchev–Trinajstić information content (AvgIpc) is 2.01. The van der Waals surface area contributed by atoms with Crippen molar-refractivity contribution in [3.05, 3.63) is 23.5 Å². The van der Waals surface area contributed by atoms with Gasteiger partial charge < -0.3 is 5.73 Å². The Bertz CT molecular complexity index is 322. The minimum Gasteiger partial charge on any atom is -0.399 e. The SMILES string of the molecule is CC(C)c1cc(N)cc(C(C)(C)C)n1. The minimum absolute atomic E-state index is 0.0685. The maximum Gasteiger partial charge on any atom is 0.0480 e. The molecule has 2 heteroatoms. The molecule has 1 aromatic rings. The zero-order valence-corrected chi connectivity index (χ0v) is 9.76. The smallest absolute Gasteiger partial charge is 0.0480 e. The third kappa shape index (κ3) is 2.47. The number of nitrogen functional groups attached to an aromatic ring is 1. The van der Waals surface area contributed by atoms with Gasteiger partial charge in [-0.3, -0.25) is 4.98 Å². The molecule has 0 saturated carbocycles. The lowest BCUT2D eigenvalue weighted by Gasteiger charge is -2.20. The summed E-state index contributed by atoms with van der Waals surface area (Å²) in [6, 6.07) is 3.92. The molecule has 0 bridgehead atoms. The molecule has 1 rings (SSSR count). The van der Waals surface area contributed by atoms with Crippen LogP contribution in [0.25, 0.3) is 0 Å². The second-order valence-corrected chi connectivity index (χ2v) is 5.12. The molecule has 0 spiro atoms. The molecule has 0 aromatic carbocycles. The van der Waals surface area contributed by atoms with E-state index in [1.54, 1.807) is 0 Å². The quantitative estimate of drug-likeness (QED) is 0.742. The highest BCUT2D eigenvalue weighted by Gasteiger charge is 2.17. The van der Waals surface area contributed by atoms with Gasteiger partial charge in [0, 0.05) is 22.5 Å². The largest absolute Gasteiger partial charge is 0.399 e. The first-order chi connectivity index (χ1) is 6.30. The lowest BCUT2D eigenvalue weighted by atomic mass is 9.90. The van der Waals surface area contributed by atoms with Crippen molar-refractivity contribution < 1.29 is 0 Å². The van der Waals surface area contributed by atoms with Crippen LogP contribution in [0, 0.1) is 0 Å². The van der Waals surface area contributed by atoms with Gasteiger partial charge in [0.2, 0.25) is 0 Å². The number of nitrogens with two attached hydrogens (primary N) is 1. The first-order valence-corrected chi connectivity index (χ1v) is 5.08. The van der Waals surface area contributed by atoms with Crippen molar-refractivity contribution in [3.8, 4) is 0 Å². The van der Waals surface area contributed by atoms with E-state index >= 15 is 0 Å². The Hall–Kier alpha value is -1.05. The standard InChI is InChI=1S/C12H20N2/c1-8(2)10-6-9(13)7-11(14-10)12(3,4)5/h6-8H,1-5H3,(H2,13,14). The van der Waals surface area contributed by atoms with Crippen LogP contribution in [0.3, 0.4) is 0 Å². The molecule has 1 heterocycles. The molecule has 2 nitrogen and oxygen atoms in total. The van der Waals surface area contributed by atoms with Crippen molar-refractivity contribution in [2.24, 2.45) is 0 Å². The van der Waals surface area contributed by atoms with Gasteiger partial charge in [-0.15, -0.1) is 0 Å². The summed E-state index contributed by atoms with van der Waals surface area (Å²) in [6.45, 7) is 10.7.